The Labute approximate surface area is 169 Å². The van der Waals surface area contributed by atoms with Gasteiger partial charge in [-0.05, 0) is 51.0 Å². The first-order chi connectivity index (χ1) is 14.1. The van der Waals surface area contributed by atoms with Crippen LogP contribution in [0.15, 0.2) is 28.8 Å². The summed E-state index contributed by atoms with van der Waals surface area (Å²) in [7, 11) is 0. The molecular weight excluding hydrogens is 370 g/mol. The van der Waals surface area contributed by atoms with E-state index in [0.717, 1.165) is 54.5 Å². The van der Waals surface area contributed by atoms with E-state index in [1.165, 1.54) is 6.42 Å². The van der Waals surface area contributed by atoms with E-state index in [1.807, 2.05) is 13.8 Å². The third kappa shape index (κ3) is 4.31. The van der Waals surface area contributed by atoms with Gasteiger partial charge in [0.15, 0.2) is 5.82 Å². The third-order valence-corrected chi connectivity index (χ3v) is 5.27. The Hall–Kier alpha value is -3.16. The molecule has 0 spiro atoms. The molecule has 3 heterocycles. The van der Waals surface area contributed by atoms with Crippen molar-refractivity contribution in [1.29, 1.82) is 0 Å². The summed E-state index contributed by atoms with van der Waals surface area (Å²) in [6.07, 6.45) is 4.44. The van der Waals surface area contributed by atoms with Crippen LogP contribution in [0.2, 0.25) is 0 Å². The Morgan fingerprint density at radius 2 is 2.00 bits per heavy atom. The van der Waals surface area contributed by atoms with Gasteiger partial charge in [0.2, 0.25) is 0 Å². The molecule has 1 aliphatic heterocycles. The minimum atomic E-state index is -0.145. The van der Waals surface area contributed by atoms with Crippen molar-refractivity contribution < 1.29 is 14.1 Å². The van der Waals surface area contributed by atoms with E-state index >= 15 is 0 Å². The van der Waals surface area contributed by atoms with Crippen molar-refractivity contribution in [3.05, 3.63) is 58.5 Å². The van der Waals surface area contributed by atoms with Gasteiger partial charge in [-0.3, -0.25) is 4.79 Å². The molecule has 152 valence electrons. The lowest BCUT2D eigenvalue weighted by Gasteiger charge is -2.09. The molecule has 0 fully saturated rings. The van der Waals surface area contributed by atoms with Crippen molar-refractivity contribution in [1.82, 2.24) is 25.2 Å². The summed E-state index contributed by atoms with van der Waals surface area (Å²) in [6, 6.07) is 7.08. The maximum Gasteiger partial charge on any atom is 0.251 e. The molecule has 3 aromatic rings. The number of nitrogens with zero attached hydrogens (tertiary/aromatic N) is 4. The number of fused-ring (bicyclic) bond motifs is 1. The van der Waals surface area contributed by atoms with Gasteiger partial charge in [0.25, 0.3) is 5.91 Å². The maximum atomic E-state index is 12.5. The van der Waals surface area contributed by atoms with Gasteiger partial charge in [0.05, 0.1) is 17.8 Å². The zero-order chi connectivity index (χ0) is 20.2. The number of aryl methyl sites for hydroxylation is 3. The molecule has 0 atom stereocenters. The first-order valence-corrected chi connectivity index (χ1v) is 9.95. The lowest BCUT2D eigenvalue weighted by Crippen LogP contribution is -2.25. The Morgan fingerprint density at radius 3 is 2.76 bits per heavy atom. The molecule has 8 nitrogen and oxygen atoms in total. The Bertz CT molecular complexity index is 971. The highest BCUT2D eigenvalue weighted by Crippen LogP contribution is 2.18. The van der Waals surface area contributed by atoms with Crippen LogP contribution in [-0.4, -0.2) is 25.8 Å². The van der Waals surface area contributed by atoms with Gasteiger partial charge in [-0.15, -0.1) is 10.2 Å². The first kappa shape index (κ1) is 19.2. The molecule has 4 rings (SSSR count). The van der Waals surface area contributed by atoms with Crippen molar-refractivity contribution in [3.63, 3.8) is 0 Å². The summed E-state index contributed by atoms with van der Waals surface area (Å²) in [6.45, 7) is 5.42. The minimum Gasteiger partial charge on any atom is -0.489 e. The number of carbonyl (C=O) groups excluding carboxylic acids is 1. The number of ether oxygens (including phenoxy) is 1. The molecule has 0 saturated heterocycles. The highest BCUT2D eigenvalue weighted by Gasteiger charge is 2.16. The lowest BCUT2D eigenvalue weighted by atomic mass is 10.2. The topological polar surface area (TPSA) is 95.1 Å². The van der Waals surface area contributed by atoms with Crippen LogP contribution in [0.5, 0.6) is 5.75 Å². The summed E-state index contributed by atoms with van der Waals surface area (Å²) in [4.78, 5) is 12.5. The average Bonchev–Trinajstić information content (AvgIpc) is 3.17. The molecule has 0 aliphatic carbocycles. The average molecular weight is 395 g/mol. The van der Waals surface area contributed by atoms with Crippen LogP contribution >= 0.6 is 0 Å². The van der Waals surface area contributed by atoms with Gasteiger partial charge < -0.3 is 19.1 Å². The number of amides is 1. The van der Waals surface area contributed by atoms with E-state index in [-0.39, 0.29) is 5.91 Å². The molecule has 0 saturated carbocycles. The molecular formula is C21H25N5O3. The van der Waals surface area contributed by atoms with Crippen molar-refractivity contribution >= 4 is 5.91 Å². The number of carbonyl (C=O) groups is 1. The summed E-state index contributed by atoms with van der Waals surface area (Å²) >= 11 is 0. The summed E-state index contributed by atoms with van der Waals surface area (Å²) in [5.74, 6) is 3.13. The Morgan fingerprint density at radius 1 is 1.17 bits per heavy atom. The zero-order valence-electron chi connectivity index (χ0n) is 16.8. The number of nitrogens with one attached hydrogen (secondary N) is 1. The Kier molecular flexibility index (Phi) is 5.59. The molecule has 0 unspecified atom stereocenters. The van der Waals surface area contributed by atoms with Crippen molar-refractivity contribution in [3.8, 4) is 5.75 Å². The van der Waals surface area contributed by atoms with Crippen LogP contribution in [0.1, 0.15) is 58.3 Å². The van der Waals surface area contributed by atoms with E-state index < -0.39 is 0 Å². The van der Waals surface area contributed by atoms with Crippen LogP contribution in [0, 0.1) is 13.8 Å². The van der Waals surface area contributed by atoms with Gasteiger partial charge in [-0.2, -0.15) is 0 Å². The van der Waals surface area contributed by atoms with Gasteiger partial charge >= 0.3 is 0 Å². The fourth-order valence-electron chi connectivity index (χ4n) is 3.50. The third-order valence-electron chi connectivity index (χ3n) is 5.27. The molecule has 1 N–H and O–H groups in total. The monoisotopic (exact) mass is 395 g/mol. The predicted octanol–water partition coefficient (Wildman–Crippen LogP) is 3.12. The fraction of sp³-hybridized carbons (Fsp3) is 0.429. The number of aromatic nitrogens is 4. The first-order valence-electron chi connectivity index (χ1n) is 9.95. The predicted molar refractivity (Wildman–Crippen MR) is 105 cm³/mol. The van der Waals surface area contributed by atoms with Crippen LogP contribution in [0.25, 0.3) is 0 Å². The molecule has 1 aliphatic rings. The van der Waals surface area contributed by atoms with Crippen LogP contribution in [-0.2, 0) is 26.1 Å². The van der Waals surface area contributed by atoms with Gasteiger partial charge in [0, 0.05) is 18.5 Å². The zero-order valence-corrected chi connectivity index (χ0v) is 16.8. The standard InChI is InChI=1S/C21H25N5O3/c1-14-18(15(2)29-25-14)13-28-17-9-7-16(8-10-17)21(27)22-12-20-24-23-19-6-4-3-5-11-26(19)20/h7-10H,3-6,11-13H2,1-2H3,(H,22,27). The van der Waals surface area contributed by atoms with Crippen LogP contribution < -0.4 is 10.1 Å². The van der Waals surface area contributed by atoms with Crippen LogP contribution in [0.3, 0.4) is 0 Å². The summed E-state index contributed by atoms with van der Waals surface area (Å²) < 4.78 is 13.1. The second-order valence-electron chi connectivity index (χ2n) is 7.29. The van der Waals surface area contributed by atoms with E-state index in [1.54, 1.807) is 24.3 Å². The molecule has 29 heavy (non-hydrogen) atoms. The summed E-state index contributed by atoms with van der Waals surface area (Å²) in [5, 5.41) is 15.4. The normalized spacial score (nSPS) is 13.6. The molecule has 0 radical (unpaired) electrons. The van der Waals surface area contributed by atoms with Gasteiger partial charge in [0.1, 0.15) is 23.9 Å². The van der Waals surface area contributed by atoms with Gasteiger partial charge in [-0.25, -0.2) is 0 Å². The van der Waals surface area contributed by atoms with Crippen molar-refractivity contribution in [2.24, 2.45) is 0 Å². The minimum absolute atomic E-state index is 0.145. The highest BCUT2D eigenvalue weighted by molar-refractivity contribution is 5.94. The van der Waals surface area contributed by atoms with Crippen molar-refractivity contribution in [2.75, 3.05) is 0 Å². The molecule has 1 aromatic carbocycles. The number of hydrogen-bond donors (Lipinski definition) is 1. The van der Waals surface area contributed by atoms with Crippen LogP contribution in [0.4, 0.5) is 0 Å². The molecule has 0 bridgehead atoms. The Balaban J connectivity index is 1.33. The van der Waals surface area contributed by atoms with Gasteiger partial charge in [-0.1, -0.05) is 11.6 Å². The fourth-order valence-corrected chi connectivity index (χ4v) is 3.50. The molecule has 1 amide bonds. The van der Waals surface area contributed by atoms with E-state index in [4.69, 9.17) is 9.26 Å². The summed E-state index contributed by atoms with van der Waals surface area (Å²) in [5.41, 5.74) is 2.34. The molecule has 2 aromatic heterocycles. The second-order valence-corrected chi connectivity index (χ2v) is 7.29. The molecule has 8 heteroatoms. The van der Waals surface area contributed by atoms with Crippen molar-refractivity contribution in [2.45, 2.75) is 59.2 Å². The lowest BCUT2D eigenvalue weighted by molar-refractivity contribution is 0.0949. The SMILES string of the molecule is Cc1noc(C)c1COc1ccc(C(=O)NCc2nnc3n2CCCCC3)cc1. The largest absolute Gasteiger partial charge is 0.489 e. The number of hydrogen-bond acceptors (Lipinski definition) is 6. The van der Waals surface area contributed by atoms with E-state index in [0.29, 0.717) is 24.5 Å². The van der Waals surface area contributed by atoms with E-state index in [2.05, 4.69) is 25.2 Å². The number of rotatable bonds is 6. The second kappa shape index (κ2) is 8.46. The maximum absolute atomic E-state index is 12.5. The number of benzene rings is 1. The van der Waals surface area contributed by atoms with E-state index in [9.17, 15) is 4.79 Å². The quantitative estimate of drug-likeness (QED) is 0.689. The highest BCUT2D eigenvalue weighted by atomic mass is 16.5. The smallest absolute Gasteiger partial charge is 0.251 e.